The van der Waals surface area contributed by atoms with Crippen LogP contribution in [0, 0.1) is 11.8 Å². The smallest absolute Gasteiger partial charge is 0.343 e. The Balaban J connectivity index is 1.13. The van der Waals surface area contributed by atoms with Crippen molar-refractivity contribution in [1.29, 1.82) is 0 Å². The van der Waals surface area contributed by atoms with E-state index in [9.17, 15) is 38.4 Å². The van der Waals surface area contributed by atoms with Crippen molar-refractivity contribution in [3.8, 4) is 34.5 Å². The first-order valence-corrected chi connectivity index (χ1v) is 23.8. The zero-order valence-corrected chi connectivity index (χ0v) is 41.2. The van der Waals surface area contributed by atoms with Crippen LogP contribution in [-0.2, 0) is 42.9 Å². The van der Waals surface area contributed by atoms with Gasteiger partial charge in [0.05, 0.1) is 63.1 Å². The molecule has 0 atom stereocenters. The number of esters is 8. The van der Waals surface area contributed by atoms with E-state index in [2.05, 4.69) is 13.2 Å². The van der Waals surface area contributed by atoms with E-state index >= 15 is 0 Å². The van der Waals surface area contributed by atoms with E-state index in [4.69, 9.17) is 52.1 Å². The minimum absolute atomic E-state index is 0.00343. The zero-order valence-electron chi connectivity index (χ0n) is 41.2. The van der Waals surface area contributed by atoms with Gasteiger partial charge in [0.1, 0.15) is 52.2 Å². The molecule has 1 fully saturated rings. The predicted molar refractivity (Wildman–Crippen MR) is 262 cm³/mol. The third-order valence-corrected chi connectivity index (χ3v) is 11.0. The molecule has 0 aromatic heterocycles. The Bertz CT molecular complexity index is 2590. The second-order valence-corrected chi connectivity index (χ2v) is 16.2. The average Bonchev–Trinajstić information content (AvgIpc) is 3.42. The van der Waals surface area contributed by atoms with Gasteiger partial charge in [0, 0.05) is 18.8 Å². The fraction of sp³-hybridized carbons (Fsp3) is 0.345. The van der Waals surface area contributed by atoms with Crippen molar-refractivity contribution >= 4 is 47.8 Å². The van der Waals surface area contributed by atoms with E-state index < -0.39 is 59.6 Å². The second-order valence-electron chi connectivity index (χ2n) is 16.2. The number of carbonyl (C=O) groups is 8. The Labute approximate surface area is 427 Å². The number of hydrogen-bond acceptors (Lipinski definition) is 19. The number of carbonyl (C=O) groups excluding carboxylic acids is 8. The van der Waals surface area contributed by atoms with Gasteiger partial charge in [-0.2, -0.15) is 0 Å². The summed E-state index contributed by atoms with van der Waals surface area (Å²) in [7, 11) is 1.15. The second kappa shape index (κ2) is 29.9. The maximum absolute atomic E-state index is 13.4. The summed E-state index contributed by atoms with van der Waals surface area (Å²) in [4.78, 5) is 101. The highest BCUT2D eigenvalue weighted by Crippen LogP contribution is 2.34. The van der Waals surface area contributed by atoms with E-state index in [-0.39, 0.29) is 97.4 Å². The van der Waals surface area contributed by atoms with Crippen LogP contribution in [0.5, 0.6) is 34.5 Å². The first-order chi connectivity index (χ1) is 35.8. The molecule has 0 radical (unpaired) electrons. The van der Waals surface area contributed by atoms with Gasteiger partial charge in [-0.1, -0.05) is 13.2 Å². The highest BCUT2D eigenvalue weighted by atomic mass is 16.6. The Kier molecular flexibility index (Phi) is 22.9. The molecule has 0 heterocycles. The number of hydrogen-bond donors (Lipinski definition) is 0. The molecule has 19 heteroatoms. The van der Waals surface area contributed by atoms with Crippen molar-refractivity contribution in [1.82, 2.24) is 0 Å². The summed E-state index contributed by atoms with van der Waals surface area (Å²) in [6.07, 6.45) is 5.67. The topological polar surface area (TPSA) is 238 Å². The lowest BCUT2D eigenvalue weighted by molar-refractivity contribution is -0.145. The number of unbranched alkanes of at least 4 members (excludes halogenated alkanes) is 2. The third kappa shape index (κ3) is 18.1. The van der Waals surface area contributed by atoms with Gasteiger partial charge in [-0.15, -0.1) is 0 Å². The van der Waals surface area contributed by atoms with Gasteiger partial charge < -0.3 is 52.1 Å². The highest BCUT2D eigenvalue weighted by molar-refractivity contribution is 5.98. The number of rotatable bonds is 28. The van der Waals surface area contributed by atoms with Gasteiger partial charge in [-0.05, 0) is 143 Å². The summed E-state index contributed by atoms with van der Waals surface area (Å²) in [6, 6.07) is 20.1. The number of methoxy groups -OCH3 is 1. The van der Waals surface area contributed by atoms with Crippen LogP contribution in [0.25, 0.3) is 0 Å². The van der Waals surface area contributed by atoms with Crippen molar-refractivity contribution in [2.75, 3.05) is 53.4 Å². The molecule has 1 saturated carbocycles. The van der Waals surface area contributed by atoms with Gasteiger partial charge in [0.25, 0.3) is 0 Å². The maximum Gasteiger partial charge on any atom is 0.343 e. The van der Waals surface area contributed by atoms with Gasteiger partial charge >= 0.3 is 47.8 Å². The van der Waals surface area contributed by atoms with Crippen LogP contribution in [0.1, 0.15) is 99.7 Å². The minimum Gasteiger partial charge on any atom is -0.494 e. The molecule has 1 aliphatic carbocycles. The van der Waals surface area contributed by atoms with Crippen LogP contribution < -0.4 is 28.4 Å². The first-order valence-electron chi connectivity index (χ1n) is 23.8. The number of benzene rings is 4. The molecular weight excluding hydrogens is 965 g/mol. The molecule has 0 aliphatic heterocycles. The molecule has 0 amide bonds. The molecule has 19 nitrogen and oxygen atoms in total. The molecular formula is C55H58O19. The lowest BCUT2D eigenvalue weighted by Gasteiger charge is -2.26. The molecule has 0 spiro atoms. The molecule has 5 rings (SSSR count). The van der Waals surface area contributed by atoms with Crippen LogP contribution in [0.2, 0.25) is 0 Å². The minimum atomic E-state index is -0.855. The van der Waals surface area contributed by atoms with E-state index in [1.165, 1.54) is 60.7 Å². The van der Waals surface area contributed by atoms with Gasteiger partial charge in [0.15, 0.2) is 0 Å². The molecule has 0 bridgehead atoms. The van der Waals surface area contributed by atoms with Crippen LogP contribution >= 0.6 is 0 Å². The first kappa shape index (κ1) is 56.6. The number of ether oxygens (including phenoxy) is 11. The van der Waals surface area contributed by atoms with E-state index in [1.807, 2.05) is 0 Å². The molecule has 0 saturated heterocycles. The van der Waals surface area contributed by atoms with E-state index in [1.54, 1.807) is 31.2 Å². The molecule has 4 aromatic carbocycles. The van der Waals surface area contributed by atoms with Crippen molar-refractivity contribution in [2.45, 2.75) is 58.3 Å². The summed E-state index contributed by atoms with van der Waals surface area (Å²) in [5.74, 6) is -5.98. The maximum atomic E-state index is 13.4. The quantitative estimate of drug-likeness (QED) is 0.0171. The molecule has 0 N–H and O–H groups in total. The van der Waals surface area contributed by atoms with Gasteiger partial charge in [0.2, 0.25) is 0 Å². The lowest BCUT2D eigenvalue weighted by Crippen LogP contribution is -2.30. The third-order valence-electron chi connectivity index (χ3n) is 11.0. The summed E-state index contributed by atoms with van der Waals surface area (Å²) >= 11 is 0. The Morgan fingerprint density at radius 2 is 0.878 bits per heavy atom. The van der Waals surface area contributed by atoms with Crippen molar-refractivity contribution < 1.29 is 90.5 Å². The monoisotopic (exact) mass is 1020 g/mol. The fourth-order valence-electron chi connectivity index (χ4n) is 7.08. The Morgan fingerprint density at radius 1 is 0.473 bits per heavy atom. The molecule has 0 unspecified atom stereocenters. The molecule has 1 aliphatic rings. The van der Waals surface area contributed by atoms with Crippen molar-refractivity contribution in [3.63, 3.8) is 0 Å². The lowest BCUT2D eigenvalue weighted by atomic mass is 9.82. The van der Waals surface area contributed by atoms with Crippen LogP contribution in [0.3, 0.4) is 0 Å². The van der Waals surface area contributed by atoms with E-state index in [0.717, 1.165) is 19.3 Å². The van der Waals surface area contributed by atoms with Crippen molar-refractivity contribution in [3.05, 3.63) is 132 Å². The van der Waals surface area contributed by atoms with Crippen LogP contribution in [0.15, 0.2) is 110 Å². The standard InChI is InChI=1S/C55H58O19/c1-5-48(56)68-30-10-8-28-66-40-20-16-38(17-21-40)52(60)73-46-26-24-42(34-44(46)54(62)64-4)71-50(58)36-12-14-37(15-13-36)51(59)72-43-25-27-47(45(35-43)55(63)70-33-32-65-7-3)74-53(61)39-18-22-41(23-19-39)67-29-9-11-31-69-49(57)6-2/h5-6,16-27,34-37H,1-2,7-15,28-33H2,3-4H3. The molecule has 392 valence electrons. The Morgan fingerprint density at radius 3 is 1.28 bits per heavy atom. The average molecular weight is 1020 g/mol. The fourth-order valence-corrected chi connectivity index (χ4v) is 7.08. The van der Waals surface area contributed by atoms with E-state index in [0.29, 0.717) is 57.0 Å². The normalized spacial score (nSPS) is 13.7. The summed E-state index contributed by atoms with van der Waals surface area (Å²) in [5, 5.41) is 0. The van der Waals surface area contributed by atoms with Gasteiger partial charge in [-0.25, -0.2) is 28.8 Å². The largest absolute Gasteiger partial charge is 0.494 e. The highest BCUT2D eigenvalue weighted by Gasteiger charge is 2.33. The van der Waals surface area contributed by atoms with Crippen LogP contribution in [-0.4, -0.2) is 101 Å². The molecule has 74 heavy (non-hydrogen) atoms. The summed E-state index contributed by atoms with van der Waals surface area (Å²) in [5.41, 5.74) is -0.0293. The summed E-state index contributed by atoms with van der Waals surface area (Å²) < 4.78 is 59.2. The van der Waals surface area contributed by atoms with Crippen molar-refractivity contribution in [2.24, 2.45) is 11.8 Å². The van der Waals surface area contributed by atoms with Crippen LogP contribution in [0.4, 0.5) is 0 Å². The molecule has 4 aromatic rings. The van der Waals surface area contributed by atoms with Gasteiger partial charge in [-0.3, -0.25) is 9.59 Å². The zero-order chi connectivity index (χ0) is 53.2. The predicted octanol–water partition coefficient (Wildman–Crippen LogP) is 8.20. The summed E-state index contributed by atoms with van der Waals surface area (Å²) in [6.45, 7) is 10.1. The SMILES string of the molecule is C=CC(=O)OCCCCOc1ccc(C(=O)Oc2ccc(OC(=O)C3CCC(C(=O)Oc4ccc(OC(=O)c5ccc(OCCCCOC(=O)C=C)cc5)c(C(=O)OCCOCC)c4)CC3)cc2C(=O)OC)cc1. The Hall–Kier alpha value is -8.32.